The van der Waals surface area contributed by atoms with Crippen molar-refractivity contribution in [3.05, 3.63) is 48.1 Å². The van der Waals surface area contributed by atoms with E-state index in [1.807, 2.05) is 0 Å². The summed E-state index contributed by atoms with van der Waals surface area (Å²) in [6.07, 6.45) is 6.51. The van der Waals surface area contributed by atoms with Crippen LogP contribution in [0.3, 0.4) is 0 Å². The smallest absolute Gasteiger partial charge is 0.277 e. The van der Waals surface area contributed by atoms with Crippen LogP contribution in [-0.4, -0.2) is 44.8 Å². The topological polar surface area (TPSA) is 138 Å². The lowest BCUT2D eigenvalue weighted by molar-refractivity contribution is 0.0661. The van der Waals surface area contributed by atoms with Crippen LogP contribution in [0.5, 0.6) is 0 Å². The van der Waals surface area contributed by atoms with Gasteiger partial charge in [-0.2, -0.15) is 5.10 Å². The molecule has 4 heterocycles. The summed E-state index contributed by atoms with van der Waals surface area (Å²) >= 11 is 0. The van der Waals surface area contributed by atoms with Crippen LogP contribution in [0.15, 0.2) is 35.3 Å². The predicted molar refractivity (Wildman–Crippen MR) is 97.5 cm³/mol. The number of nitrogens with two attached hydrogens (primary N) is 1. The van der Waals surface area contributed by atoms with Crippen LogP contribution in [0.1, 0.15) is 39.9 Å². The summed E-state index contributed by atoms with van der Waals surface area (Å²) in [4.78, 5) is 32.0. The second kappa shape index (κ2) is 7.80. The number of nitrogens with zero attached hydrogens (tertiary/aromatic N) is 4. The predicted octanol–water partition coefficient (Wildman–Crippen LogP) is 1.77. The minimum atomic E-state index is -0.772. The van der Waals surface area contributed by atoms with E-state index in [1.54, 1.807) is 10.9 Å². The van der Waals surface area contributed by atoms with Gasteiger partial charge < -0.3 is 20.2 Å². The molecule has 3 aromatic heterocycles. The van der Waals surface area contributed by atoms with E-state index in [0.29, 0.717) is 13.2 Å². The molecule has 0 atom stereocenters. The molecule has 2 amide bonds. The van der Waals surface area contributed by atoms with Gasteiger partial charge in [0, 0.05) is 25.6 Å². The molecule has 4 rings (SSSR count). The van der Waals surface area contributed by atoms with Gasteiger partial charge in [0.15, 0.2) is 17.2 Å². The van der Waals surface area contributed by atoms with Crippen LogP contribution in [0, 0.1) is 5.82 Å². The molecule has 1 saturated heterocycles. The number of aromatic nitrogens is 4. The van der Waals surface area contributed by atoms with Gasteiger partial charge in [0.2, 0.25) is 5.89 Å². The van der Waals surface area contributed by atoms with Crippen molar-refractivity contribution in [3.8, 4) is 11.5 Å². The second-order valence-corrected chi connectivity index (χ2v) is 6.43. The average Bonchev–Trinajstić information content (AvgIpc) is 3.37. The zero-order valence-electron chi connectivity index (χ0n) is 15.2. The van der Waals surface area contributed by atoms with Gasteiger partial charge in [0.25, 0.3) is 11.8 Å². The standard InChI is InChI=1S/C18H17FN6O4/c19-12-7-21-4-1-11(12)18-23-14(9-29-18)17(27)22-13-8-25(24-15(13)16(20)26)10-2-5-28-6-3-10/h1,4,7-10H,2-3,5-6H2,(H2,20,26)(H,22,27). The summed E-state index contributed by atoms with van der Waals surface area (Å²) in [5, 5.41) is 6.78. The lowest BCUT2D eigenvalue weighted by atomic mass is 10.1. The molecule has 0 saturated carbocycles. The summed E-state index contributed by atoms with van der Waals surface area (Å²) < 4.78 is 26.0. The van der Waals surface area contributed by atoms with Crippen molar-refractivity contribution in [1.29, 1.82) is 0 Å². The van der Waals surface area contributed by atoms with Gasteiger partial charge in [-0.25, -0.2) is 9.37 Å². The van der Waals surface area contributed by atoms with Gasteiger partial charge in [0.1, 0.15) is 6.26 Å². The van der Waals surface area contributed by atoms with Crippen LogP contribution in [0.25, 0.3) is 11.5 Å². The van der Waals surface area contributed by atoms with Gasteiger partial charge >= 0.3 is 0 Å². The molecule has 0 spiro atoms. The molecule has 11 heteroatoms. The van der Waals surface area contributed by atoms with E-state index < -0.39 is 17.6 Å². The molecule has 0 radical (unpaired) electrons. The Bertz CT molecular complexity index is 1060. The highest BCUT2D eigenvalue weighted by Crippen LogP contribution is 2.25. The Balaban J connectivity index is 1.56. The number of hydrogen-bond acceptors (Lipinski definition) is 7. The van der Waals surface area contributed by atoms with Crippen molar-refractivity contribution in [2.75, 3.05) is 18.5 Å². The van der Waals surface area contributed by atoms with Crippen molar-refractivity contribution in [2.45, 2.75) is 18.9 Å². The fourth-order valence-corrected chi connectivity index (χ4v) is 3.04. The van der Waals surface area contributed by atoms with Crippen molar-refractivity contribution in [1.82, 2.24) is 19.7 Å². The van der Waals surface area contributed by atoms with E-state index in [9.17, 15) is 14.0 Å². The number of primary amides is 1. The summed E-state index contributed by atoms with van der Waals surface area (Å²) in [5.74, 6) is -2.12. The van der Waals surface area contributed by atoms with Gasteiger partial charge in [-0.05, 0) is 18.9 Å². The highest BCUT2D eigenvalue weighted by molar-refractivity contribution is 6.07. The number of pyridine rings is 1. The molecule has 1 aliphatic heterocycles. The first kappa shape index (κ1) is 18.7. The Morgan fingerprint density at radius 3 is 2.83 bits per heavy atom. The summed E-state index contributed by atoms with van der Waals surface area (Å²) in [6, 6.07) is 1.42. The van der Waals surface area contributed by atoms with Crippen LogP contribution in [0.2, 0.25) is 0 Å². The van der Waals surface area contributed by atoms with Gasteiger partial charge in [-0.3, -0.25) is 19.3 Å². The van der Waals surface area contributed by atoms with E-state index in [-0.39, 0.29) is 34.6 Å². The lowest BCUT2D eigenvalue weighted by Gasteiger charge is -2.22. The van der Waals surface area contributed by atoms with Crippen LogP contribution >= 0.6 is 0 Å². The molecule has 1 aliphatic rings. The highest BCUT2D eigenvalue weighted by Gasteiger charge is 2.23. The lowest BCUT2D eigenvalue weighted by Crippen LogP contribution is -2.21. The van der Waals surface area contributed by atoms with Gasteiger partial charge in [0.05, 0.1) is 23.5 Å². The molecule has 0 aromatic carbocycles. The van der Waals surface area contributed by atoms with Crippen LogP contribution in [-0.2, 0) is 4.74 Å². The number of carbonyl (C=O) groups is 2. The molecule has 3 N–H and O–H groups in total. The minimum absolute atomic E-state index is 0.0424. The van der Waals surface area contributed by atoms with E-state index in [4.69, 9.17) is 14.9 Å². The number of amides is 2. The molecular weight excluding hydrogens is 383 g/mol. The number of oxazole rings is 1. The molecule has 29 heavy (non-hydrogen) atoms. The van der Waals surface area contributed by atoms with Crippen molar-refractivity contribution in [3.63, 3.8) is 0 Å². The number of carbonyl (C=O) groups excluding carboxylic acids is 2. The molecule has 10 nitrogen and oxygen atoms in total. The van der Waals surface area contributed by atoms with E-state index in [1.165, 1.54) is 12.3 Å². The molecule has 0 unspecified atom stereocenters. The number of anilines is 1. The Morgan fingerprint density at radius 2 is 2.10 bits per heavy atom. The van der Waals surface area contributed by atoms with Gasteiger partial charge in [-0.1, -0.05) is 0 Å². The minimum Gasteiger partial charge on any atom is -0.444 e. The molecule has 0 aliphatic carbocycles. The number of ether oxygens (including phenoxy) is 1. The maximum Gasteiger partial charge on any atom is 0.277 e. The summed E-state index contributed by atoms with van der Waals surface area (Å²) in [7, 11) is 0. The zero-order valence-corrected chi connectivity index (χ0v) is 15.2. The second-order valence-electron chi connectivity index (χ2n) is 6.43. The number of hydrogen-bond donors (Lipinski definition) is 2. The largest absolute Gasteiger partial charge is 0.444 e. The van der Waals surface area contributed by atoms with Crippen LogP contribution in [0.4, 0.5) is 10.1 Å². The first-order chi connectivity index (χ1) is 14.0. The fourth-order valence-electron chi connectivity index (χ4n) is 3.04. The van der Waals surface area contributed by atoms with Crippen molar-refractivity contribution >= 4 is 17.5 Å². The van der Waals surface area contributed by atoms with Crippen molar-refractivity contribution < 1.29 is 23.1 Å². The van der Waals surface area contributed by atoms with Crippen molar-refractivity contribution in [2.24, 2.45) is 5.73 Å². The normalized spacial score (nSPS) is 14.7. The van der Waals surface area contributed by atoms with E-state index >= 15 is 0 Å². The SMILES string of the molecule is NC(=O)c1nn(C2CCOCC2)cc1NC(=O)c1coc(-c2ccncc2F)n1. The Morgan fingerprint density at radius 1 is 1.31 bits per heavy atom. The number of halogens is 1. The summed E-state index contributed by atoms with van der Waals surface area (Å²) in [6.45, 7) is 1.18. The third-order valence-corrected chi connectivity index (χ3v) is 4.52. The maximum absolute atomic E-state index is 13.8. The first-order valence-electron chi connectivity index (χ1n) is 8.86. The molecule has 150 valence electrons. The fraction of sp³-hybridized carbons (Fsp3) is 0.278. The Hall–Kier alpha value is -3.60. The number of nitrogens with one attached hydrogen (secondary N) is 1. The van der Waals surface area contributed by atoms with Gasteiger partial charge in [-0.15, -0.1) is 0 Å². The van der Waals surface area contributed by atoms with Crippen LogP contribution < -0.4 is 11.1 Å². The third kappa shape index (κ3) is 3.85. The molecule has 3 aromatic rings. The Kier molecular flexibility index (Phi) is 5.04. The maximum atomic E-state index is 13.8. The first-order valence-corrected chi connectivity index (χ1v) is 8.86. The molecule has 1 fully saturated rings. The molecular formula is C18H17FN6O4. The van der Waals surface area contributed by atoms with E-state index in [2.05, 4.69) is 20.4 Å². The number of rotatable bonds is 5. The molecule has 0 bridgehead atoms. The monoisotopic (exact) mass is 400 g/mol. The highest BCUT2D eigenvalue weighted by atomic mass is 19.1. The van der Waals surface area contributed by atoms with E-state index in [0.717, 1.165) is 25.3 Å². The Labute approximate surface area is 163 Å². The summed E-state index contributed by atoms with van der Waals surface area (Å²) in [5.41, 5.74) is 5.48. The third-order valence-electron chi connectivity index (χ3n) is 4.52. The zero-order chi connectivity index (χ0) is 20.4. The average molecular weight is 400 g/mol. The quantitative estimate of drug-likeness (QED) is 0.665.